The molecule has 0 fully saturated rings. The van der Waals surface area contributed by atoms with Crippen LogP contribution in [-0.2, 0) is 4.79 Å². The van der Waals surface area contributed by atoms with Crippen LogP contribution in [0.4, 0.5) is 15.8 Å². The van der Waals surface area contributed by atoms with Crippen molar-refractivity contribution in [3.63, 3.8) is 0 Å². The van der Waals surface area contributed by atoms with Crippen molar-refractivity contribution in [1.29, 1.82) is 5.26 Å². The summed E-state index contributed by atoms with van der Waals surface area (Å²) in [6.07, 6.45) is 0.678. The van der Waals surface area contributed by atoms with E-state index in [1.54, 1.807) is 0 Å². The third-order valence-corrected chi connectivity index (χ3v) is 7.39. The Balaban J connectivity index is 2.05. The molecule has 0 radical (unpaired) electrons. The normalized spacial score (nSPS) is 20.3. The smallest absolute Gasteiger partial charge is 0.296 e. The zero-order chi connectivity index (χ0) is 23.4. The van der Waals surface area contributed by atoms with E-state index in [9.17, 15) is 24.6 Å². The first-order valence-electron chi connectivity index (χ1n) is 9.68. The number of hydrogen-bond acceptors (Lipinski definition) is 7. The first-order chi connectivity index (χ1) is 15.0. The highest BCUT2D eigenvalue weighted by molar-refractivity contribution is 9.10. The van der Waals surface area contributed by atoms with E-state index in [2.05, 4.69) is 22.0 Å². The van der Waals surface area contributed by atoms with Crippen molar-refractivity contribution in [2.24, 2.45) is 11.1 Å². The van der Waals surface area contributed by atoms with Crippen LogP contribution in [-0.4, -0.2) is 10.7 Å². The van der Waals surface area contributed by atoms with Gasteiger partial charge in [0, 0.05) is 32.4 Å². The minimum atomic E-state index is -0.768. The molecule has 32 heavy (non-hydrogen) atoms. The second kappa shape index (κ2) is 7.83. The number of benzene rings is 1. The molecule has 10 heteroatoms. The molecule has 1 unspecified atom stereocenters. The molecule has 2 heterocycles. The van der Waals surface area contributed by atoms with Crippen molar-refractivity contribution >= 4 is 44.4 Å². The van der Waals surface area contributed by atoms with Crippen LogP contribution in [0.2, 0.25) is 0 Å². The molecule has 0 saturated carbocycles. The molecule has 1 aromatic carbocycles. The number of carbonyl (C=O) groups is 1. The summed E-state index contributed by atoms with van der Waals surface area (Å²) in [6, 6.07) is 7.13. The summed E-state index contributed by atoms with van der Waals surface area (Å²) in [6.45, 7) is 3.87. The van der Waals surface area contributed by atoms with Gasteiger partial charge in [-0.15, -0.1) is 11.3 Å². The molecular formula is C22H18BrFN4O3S. The SMILES string of the molecule is CC1(C)CC(=O)C2=C(C1)N(c1ccc(F)cc1[N+](=O)[O-])C(N)=C(C#N)C2c1cc(Br)cs1. The number of nitriles is 1. The number of hydrogen-bond donors (Lipinski definition) is 1. The molecule has 0 bridgehead atoms. The van der Waals surface area contributed by atoms with Gasteiger partial charge in [-0.05, 0) is 46.0 Å². The molecule has 1 aliphatic carbocycles. The summed E-state index contributed by atoms with van der Waals surface area (Å²) < 4.78 is 14.6. The minimum absolute atomic E-state index is 0.000908. The van der Waals surface area contributed by atoms with E-state index in [0.717, 1.165) is 21.5 Å². The number of nitrogens with two attached hydrogens (primary N) is 1. The highest BCUT2D eigenvalue weighted by Gasteiger charge is 2.46. The lowest BCUT2D eigenvalue weighted by molar-refractivity contribution is -0.384. The Kier molecular flexibility index (Phi) is 5.43. The van der Waals surface area contributed by atoms with E-state index in [1.807, 2.05) is 25.3 Å². The van der Waals surface area contributed by atoms with Gasteiger partial charge < -0.3 is 5.73 Å². The molecule has 0 spiro atoms. The third-order valence-electron chi connectivity index (χ3n) is 5.63. The molecule has 7 nitrogen and oxygen atoms in total. The van der Waals surface area contributed by atoms with Crippen LogP contribution >= 0.6 is 27.3 Å². The van der Waals surface area contributed by atoms with Gasteiger partial charge in [0.1, 0.15) is 17.3 Å². The first kappa shape index (κ1) is 22.2. The van der Waals surface area contributed by atoms with Crippen LogP contribution in [0.15, 0.2) is 56.8 Å². The minimum Gasteiger partial charge on any atom is -0.384 e. The monoisotopic (exact) mass is 516 g/mol. The van der Waals surface area contributed by atoms with E-state index in [-0.39, 0.29) is 29.3 Å². The summed E-state index contributed by atoms with van der Waals surface area (Å²) in [5.41, 5.74) is 6.61. The van der Waals surface area contributed by atoms with Gasteiger partial charge in [-0.25, -0.2) is 4.39 Å². The van der Waals surface area contributed by atoms with Crippen molar-refractivity contribution < 1.29 is 14.1 Å². The number of allylic oxidation sites excluding steroid dienone is 3. The molecule has 4 rings (SSSR count). The van der Waals surface area contributed by atoms with Crippen molar-refractivity contribution in [3.8, 4) is 6.07 Å². The van der Waals surface area contributed by atoms with E-state index < -0.39 is 27.8 Å². The molecule has 0 saturated heterocycles. The standard InChI is InChI=1S/C22H18BrFN4O3S/c1-22(2)7-16-20(17(29)8-22)19(18-5-11(23)10-32-18)13(9-25)21(26)27(16)14-4-3-12(24)6-15(14)28(30)31/h3-6,10,19H,7-8,26H2,1-2H3. The van der Waals surface area contributed by atoms with Crippen LogP contribution in [0.5, 0.6) is 0 Å². The van der Waals surface area contributed by atoms with Crippen molar-refractivity contribution in [2.75, 3.05) is 4.90 Å². The molecule has 0 amide bonds. The lowest BCUT2D eigenvalue weighted by atomic mass is 9.69. The zero-order valence-electron chi connectivity index (χ0n) is 17.2. The average molecular weight is 517 g/mol. The fraction of sp³-hybridized carbons (Fsp3) is 0.273. The van der Waals surface area contributed by atoms with Gasteiger partial charge in [0.05, 0.1) is 28.5 Å². The Morgan fingerprint density at radius 3 is 2.69 bits per heavy atom. The number of Topliss-reactive ketones (excluding diaryl/α,β-unsaturated/α-hetero) is 1. The van der Waals surface area contributed by atoms with Crippen LogP contribution in [0.25, 0.3) is 0 Å². The number of thiophene rings is 1. The second-order valence-electron chi connectivity index (χ2n) is 8.54. The quantitative estimate of drug-likeness (QED) is 0.425. The van der Waals surface area contributed by atoms with Gasteiger partial charge in [0.25, 0.3) is 5.69 Å². The molecule has 1 aliphatic heterocycles. The van der Waals surface area contributed by atoms with Crippen molar-refractivity contribution in [3.05, 3.63) is 77.6 Å². The van der Waals surface area contributed by atoms with E-state index in [4.69, 9.17) is 5.73 Å². The van der Waals surface area contributed by atoms with E-state index in [0.29, 0.717) is 17.7 Å². The topological polar surface area (TPSA) is 113 Å². The van der Waals surface area contributed by atoms with Crippen molar-refractivity contribution in [1.82, 2.24) is 0 Å². The predicted octanol–water partition coefficient (Wildman–Crippen LogP) is 5.50. The fourth-order valence-electron chi connectivity index (χ4n) is 4.38. The first-order valence-corrected chi connectivity index (χ1v) is 11.4. The Morgan fingerprint density at radius 1 is 1.38 bits per heavy atom. The summed E-state index contributed by atoms with van der Waals surface area (Å²) in [4.78, 5) is 26.6. The fourth-order valence-corrected chi connectivity index (χ4v) is 5.94. The lowest BCUT2D eigenvalue weighted by Crippen LogP contribution is -2.42. The summed E-state index contributed by atoms with van der Waals surface area (Å²) in [5.74, 6) is -1.57. The van der Waals surface area contributed by atoms with Crippen LogP contribution in [0, 0.1) is 32.7 Å². The maximum absolute atomic E-state index is 13.8. The number of rotatable bonds is 3. The Morgan fingerprint density at radius 2 is 2.09 bits per heavy atom. The largest absolute Gasteiger partial charge is 0.384 e. The average Bonchev–Trinajstić information content (AvgIpc) is 3.12. The maximum atomic E-state index is 13.8. The number of anilines is 1. The van der Waals surface area contributed by atoms with Crippen molar-refractivity contribution in [2.45, 2.75) is 32.6 Å². The second-order valence-corrected chi connectivity index (χ2v) is 10.4. The van der Waals surface area contributed by atoms with Crippen LogP contribution < -0.4 is 10.6 Å². The molecule has 2 aromatic rings. The van der Waals surface area contributed by atoms with Crippen LogP contribution in [0.3, 0.4) is 0 Å². The Hall–Kier alpha value is -3.03. The summed E-state index contributed by atoms with van der Waals surface area (Å²) in [7, 11) is 0. The number of nitro benzene ring substituents is 1. The van der Waals surface area contributed by atoms with Gasteiger partial charge in [-0.2, -0.15) is 5.26 Å². The Labute approximate surface area is 195 Å². The van der Waals surface area contributed by atoms with Gasteiger partial charge in [0.15, 0.2) is 5.78 Å². The van der Waals surface area contributed by atoms with Gasteiger partial charge in [-0.3, -0.25) is 19.8 Å². The third kappa shape index (κ3) is 3.61. The van der Waals surface area contributed by atoms with Gasteiger partial charge >= 0.3 is 0 Å². The maximum Gasteiger partial charge on any atom is 0.296 e. The van der Waals surface area contributed by atoms with E-state index in [1.165, 1.54) is 22.3 Å². The number of halogens is 2. The predicted molar refractivity (Wildman–Crippen MR) is 122 cm³/mol. The Bertz CT molecular complexity index is 1270. The summed E-state index contributed by atoms with van der Waals surface area (Å²) in [5, 5.41) is 23.6. The number of carbonyl (C=O) groups excluding carboxylic acids is 1. The molecule has 1 atom stereocenters. The molecule has 2 N–H and O–H groups in total. The highest BCUT2D eigenvalue weighted by Crippen LogP contribution is 2.52. The lowest BCUT2D eigenvalue weighted by Gasteiger charge is -2.43. The van der Waals surface area contributed by atoms with Gasteiger partial charge in [-0.1, -0.05) is 13.8 Å². The highest BCUT2D eigenvalue weighted by atomic mass is 79.9. The summed E-state index contributed by atoms with van der Waals surface area (Å²) >= 11 is 4.81. The number of nitro groups is 1. The molecular weight excluding hydrogens is 499 g/mol. The molecule has 1 aromatic heterocycles. The van der Waals surface area contributed by atoms with Crippen LogP contribution in [0.1, 0.15) is 37.5 Å². The number of ketones is 1. The van der Waals surface area contributed by atoms with E-state index >= 15 is 0 Å². The zero-order valence-corrected chi connectivity index (χ0v) is 19.6. The molecule has 164 valence electrons. The molecule has 2 aliphatic rings. The van der Waals surface area contributed by atoms with Gasteiger partial charge in [0.2, 0.25) is 0 Å². The number of nitrogens with zero attached hydrogens (tertiary/aromatic N) is 3.